The molecule has 176 valence electrons. The van der Waals surface area contributed by atoms with Crippen LogP contribution in [0.1, 0.15) is 41.9 Å². The number of methoxy groups -OCH3 is 1. The molecule has 0 bridgehead atoms. The average Bonchev–Trinajstić information content (AvgIpc) is 3.51. The Balaban J connectivity index is 1.46. The number of thioether (sulfide) groups is 1. The second-order valence-corrected chi connectivity index (χ2v) is 9.68. The highest BCUT2D eigenvalue weighted by Gasteiger charge is 2.35. The topological polar surface area (TPSA) is 96.7 Å². The molecular weight excluding hydrogens is 450 g/mol. The minimum absolute atomic E-state index is 0.0410. The summed E-state index contributed by atoms with van der Waals surface area (Å²) in [5, 5.41) is 14.4. The minimum Gasteiger partial charge on any atom is -0.497 e. The lowest BCUT2D eigenvalue weighted by Gasteiger charge is -2.24. The molecule has 9 nitrogen and oxygen atoms in total. The summed E-state index contributed by atoms with van der Waals surface area (Å²) in [6.45, 7) is 0. The van der Waals surface area contributed by atoms with Crippen molar-refractivity contribution >= 4 is 23.4 Å². The van der Waals surface area contributed by atoms with Gasteiger partial charge in [0.15, 0.2) is 5.82 Å². The number of nitrogens with zero attached hydrogens (tertiary/aromatic N) is 5. The van der Waals surface area contributed by atoms with E-state index >= 15 is 0 Å². The van der Waals surface area contributed by atoms with Gasteiger partial charge in [-0.05, 0) is 41.8 Å². The fourth-order valence-electron chi connectivity index (χ4n) is 4.13. The van der Waals surface area contributed by atoms with Crippen LogP contribution in [0, 0.1) is 0 Å². The number of amides is 1. The summed E-state index contributed by atoms with van der Waals surface area (Å²) in [5.41, 5.74) is 9.71. The molecule has 10 heteroatoms. The fraction of sp³-hybridized carbons (Fsp3) is 0.333. The number of carbonyl (C=O) groups is 1. The smallest absolute Gasteiger partial charge is 0.223 e. The number of benzene rings is 2. The Morgan fingerprint density at radius 3 is 2.53 bits per heavy atom. The van der Waals surface area contributed by atoms with E-state index in [2.05, 4.69) is 33.2 Å². The molecule has 2 aliphatic heterocycles. The van der Waals surface area contributed by atoms with Gasteiger partial charge >= 0.3 is 0 Å². The van der Waals surface area contributed by atoms with E-state index in [0.29, 0.717) is 11.6 Å². The van der Waals surface area contributed by atoms with Crippen molar-refractivity contribution in [2.45, 2.75) is 35.3 Å². The Bertz CT molecular complexity index is 1190. The van der Waals surface area contributed by atoms with Crippen LogP contribution in [0.2, 0.25) is 0 Å². The maximum Gasteiger partial charge on any atom is 0.223 e. The van der Waals surface area contributed by atoms with Crippen LogP contribution in [0.25, 0.3) is 0 Å². The highest BCUT2D eigenvalue weighted by molar-refractivity contribution is 8.00. The quantitative estimate of drug-likeness (QED) is 0.564. The van der Waals surface area contributed by atoms with Crippen molar-refractivity contribution in [1.82, 2.24) is 30.6 Å². The molecule has 0 spiro atoms. The summed E-state index contributed by atoms with van der Waals surface area (Å²) in [4.78, 5) is 14.2. The van der Waals surface area contributed by atoms with Gasteiger partial charge in [0.1, 0.15) is 5.75 Å². The van der Waals surface area contributed by atoms with Crippen molar-refractivity contribution < 1.29 is 9.53 Å². The van der Waals surface area contributed by atoms with Crippen molar-refractivity contribution in [1.29, 1.82) is 0 Å². The van der Waals surface area contributed by atoms with E-state index in [1.165, 1.54) is 17.3 Å². The number of fused-ring (bicyclic) bond motifs is 1. The molecule has 0 radical (unpaired) electrons. The second-order valence-electron chi connectivity index (χ2n) is 8.51. The number of rotatable bonds is 6. The van der Waals surface area contributed by atoms with Gasteiger partial charge in [-0.2, -0.15) is 9.78 Å². The highest BCUT2D eigenvalue weighted by Crippen LogP contribution is 2.36. The Hall–Kier alpha value is -3.21. The van der Waals surface area contributed by atoms with Crippen molar-refractivity contribution in [2.24, 2.45) is 5.10 Å². The molecule has 5 rings (SSSR count). The van der Waals surface area contributed by atoms with E-state index in [-0.39, 0.29) is 23.2 Å². The van der Waals surface area contributed by atoms with Crippen LogP contribution in [-0.4, -0.2) is 57.8 Å². The number of carbonyl (C=O) groups excluding carboxylic acids is 1. The average molecular weight is 478 g/mol. The first-order valence-electron chi connectivity index (χ1n) is 11.1. The van der Waals surface area contributed by atoms with E-state index in [0.717, 1.165) is 29.3 Å². The summed E-state index contributed by atoms with van der Waals surface area (Å²) in [7, 11) is 5.17. The van der Waals surface area contributed by atoms with Crippen LogP contribution in [-0.2, 0) is 4.79 Å². The summed E-state index contributed by atoms with van der Waals surface area (Å²) < 4.78 is 7.12. The lowest BCUT2D eigenvalue weighted by molar-refractivity contribution is -0.128. The summed E-state index contributed by atoms with van der Waals surface area (Å²) in [6.07, 6.45) is 1.15. The molecule has 2 aromatic carbocycles. The van der Waals surface area contributed by atoms with Gasteiger partial charge in [0.05, 0.1) is 24.1 Å². The van der Waals surface area contributed by atoms with Gasteiger partial charge in [-0.25, -0.2) is 10.9 Å². The SMILES string of the molecule is COc1ccc(C2=Nn3c(nnc3C3CC(c4ccccc4)NN3)SC2CC(=O)N(C)C)cc1. The van der Waals surface area contributed by atoms with Crippen molar-refractivity contribution in [2.75, 3.05) is 21.2 Å². The molecule has 1 fully saturated rings. The number of nitrogens with one attached hydrogen (secondary N) is 2. The molecule has 34 heavy (non-hydrogen) atoms. The molecule has 0 saturated carbocycles. The van der Waals surface area contributed by atoms with E-state index in [9.17, 15) is 4.79 Å². The molecule has 0 aliphatic carbocycles. The molecule has 1 aromatic heterocycles. The van der Waals surface area contributed by atoms with Gasteiger partial charge in [-0.1, -0.05) is 42.1 Å². The summed E-state index contributed by atoms with van der Waals surface area (Å²) in [5.74, 6) is 1.56. The maximum absolute atomic E-state index is 12.6. The van der Waals surface area contributed by atoms with Gasteiger partial charge in [-0.15, -0.1) is 10.2 Å². The van der Waals surface area contributed by atoms with Crippen molar-refractivity contribution in [3.05, 3.63) is 71.5 Å². The summed E-state index contributed by atoms with van der Waals surface area (Å²) in [6, 6.07) is 18.2. The lowest BCUT2D eigenvalue weighted by Crippen LogP contribution is -2.32. The predicted octanol–water partition coefficient (Wildman–Crippen LogP) is 2.77. The second kappa shape index (κ2) is 9.57. The zero-order chi connectivity index (χ0) is 23.7. The highest BCUT2D eigenvalue weighted by atomic mass is 32.2. The number of ether oxygens (including phenoxy) is 1. The van der Waals surface area contributed by atoms with E-state index < -0.39 is 0 Å². The van der Waals surface area contributed by atoms with Gasteiger partial charge in [0.2, 0.25) is 11.1 Å². The van der Waals surface area contributed by atoms with E-state index in [1.54, 1.807) is 26.1 Å². The molecule has 3 atom stereocenters. The first kappa shape index (κ1) is 22.6. The third kappa shape index (κ3) is 4.44. The third-order valence-corrected chi connectivity index (χ3v) is 7.20. The van der Waals surface area contributed by atoms with Crippen molar-refractivity contribution in [3.63, 3.8) is 0 Å². The zero-order valence-corrected chi connectivity index (χ0v) is 20.1. The van der Waals surface area contributed by atoms with Gasteiger partial charge in [-0.3, -0.25) is 4.79 Å². The predicted molar refractivity (Wildman–Crippen MR) is 131 cm³/mol. The first-order valence-corrected chi connectivity index (χ1v) is 12.0. The Kier molecular flexibility index (Phi) is 6.36. The minimum atomic E-state index is -0.167. The van der Waals surface area contributed by atoms with Gasteiger partial charge in [0.25, 0.3) is 0 Å². The third-order valence-electron chi connectivity index (χ3n) is 6.06. The molecule has 1 amide bonds. The number of aromatic nitrogens is 3. The Labute approximate surface area is 202 Å². The van der Waals surface area contributed by atoms with E-state index in [1.807, 2.05) is 47.1 Å². The van der Waals surface area contributed by atoms with Crippen LogP contribution in [0.4, 0.5) is 0 Å². The van der Waals surface area contributed by atoms with Gasteiger partial charge < -0.3 is 9.64 Å². The Morgan fingerprint density at radius 1 is 1.09 bits per heavy atom. The fourth-order valence-corrected chi connectivity index (χ4v) is 5.23. The number of hydrogen-bond acceptors (Lipinski definition) is 8. The largest absolute Gasteiger partial charge is 0.497 e. The molecule has 1 saturated heterocycles. The van der Waals surface area contributed by atoms with Gasteiger partial charge in [0, 0.05) is 26.6 Å². The summed E-state index contributed by atoms with van der Waals surface area (Å²) >= 11 is 1.52. The van der Waals surface area contributed by atoms with Crippen LogP contribution < -0.4 is 15.6 Å². The van der Waals surface area contributed by atoms with E-state index in [4.69, 9.17) is 9.84 Å². The number of hydrazine groups is 1. The molecule has 2 N–H and O–H groups in total. The molecular formula is C24H27N7O2S. The standard InChI is InChI=1S/C24H27N7O2S/c1-30(2)21(32)14-20-22(16-9-11-17(33-3)12-10-16)29-31-23(27-28-24(31)34-20)19-13-18(25-26-19)15-7-5-4-6-8-15/h4-12,18-20,25-26H,13-14H2,1-3H3. The normalized spacial score (nSPS) is 21.6. The molecule has 3 aromatic rings. The van der Waals surface area contributed by atoms with Crippen LogP contribution in [0.3, 0.4) is 0 Å². The van der Waals surface area contributed by atoms with Crippen LogP contribution in [0.15, 0.2) is 64.9 Å². The number of hydrogen-bond donors (Lipinski definition) is 2. The van der Waals surface area contributed by atoms with Crippen LogP contribution in [0.5, 0.6) is 5.75 Å². The maximum atomic E-state index is 12.6. The molecule has 3 unspecified atom stereocenters. The van der Waals surface area contributed by atoms with Crippen molar-refractivity contribution in [3.8, 4) is 5.75 Å². The zero-order valence-electron chi connectivity index (χ0n) is 19.3. The first-order chi connectivity index (χ1) is 16.5. The molecule has 3 heterocycles. The van der Waals surface area contributed by atoms with Crippen LogP contribution >= 0.6 is 11.8 Å². The lowest BCUT2D eigenvalue weighted by atomic mass is 10.0. The molecule has 2 aliphatic rings. The Morgan fingerprint density at radius 2 is 1.82 bits per heavy atom. The monoisotopic (exact) mass is 477 g/mol.